The Balaban J connectivity index is 1.55. The Morgan fingerprint density at radius 1 is 1.12 bits per heavy atom. The van der Waals surface area contributed by atoms with Gasteiger partial charge in [-0.1, -0.05) is 19.9 Å². The van der Waals surface area contributed by atoms with Crippen LogP contribution in [0.15, 0.2) is 24.3 Å². The van der Waals surface area contributed by atoms with Crippen LogP contribution in [0.3, 0.4) is 0 Å². The van der Waals surface area contributed by atoms with Crippen molar-refractivity contribution < 1.29 is 14.3 Å². The Hall–Kier alpha value is -2.01. The molecule has 4 rings (SSSR count). The van der Waals surface area contributed by atoms with Crippen LogP contribution in [-0.2, 0) is 12.8 Å². The highest BCUT2D eigenvalue weighted by molar-refractivity contribution is 7.14. The first-order valence-electron chi connectivity index (χ1n) is 8.94. The lowest BCUT2D eigenvalue weighted by Crippen LogP contribution is -2.31. The minimum Gasteiger partial charge on any atom is -0.486 e. The van der Waals surface area contributed by atoms with Gasteiger partial charge in [-0.25, -0.2) is 0 Å². The van der Waals surface area contributed by atoms with Crippen LogP contribution < -0.4 is 14.8 Å². The van der Waals surface area contributed by atoms with Crippen LogP contribution in [0, 0.1) is 5.92 Å². The van der Waals surface area contributed by atoms with Crippen LogP contribution >= 0.6 is 11.3 Å². The average Bonchev–Trinajstić information content (AvgIpc) is 3.20. The van der Waals surface area contributed by atoms with E-state index in [4.69, 9.17) is 9.47 Å². The van der Waals surface area contributed by atoms with Gasteiger partial charge in [0.25, 0.3) is 5.91 Å². The van der Waals surface area contributed by atoms with Crippen molar-refractivity contribution in [1.29, 1.82) is 0 Å². The fourth-order valence-electron chi connectivity index (χ4n) is 3.54. The fraction of sp³-hybridized carbons (Fsp3) is 0.450. The van der Waals surface area contributed by atoms with Crippen LogP contribution in [0.4, 0.5) is 0 Å². The third kappa shape index (κ3) is 3.25. The summed E-state index contributed by atoms with van der Waals surface area (Å²) in [7, 11) is 0. The molecule has 1 aliphatic heterocycles. The highest BCUT2D eigenvalue weighted by Crippen LogP contribution is 2.35. The minimum absolute atomic E-state index is 0.0213. The molecule has 5 heteroatoms. The van der Waals surface area contributed by atoms with Gasteiger partial charge in [-0.05, 0) is 54.5 Å². The van der Waals surface area contributed by atoms with E-state index < -0.39 is 0 Å². The first kappa shape index (κ1) is 16.5. The van der Waals surface area contributed by atoms with Gasteiger partial charge in [-0.2, -0.15) is 0 Å². The van der Waals surface area contributed by atoms with Gasteiger partial charge < -0.3 is 14.8 Å². The van der Waals surface area contributed by atoms with Gasteiger partial charge in [0.05, 0.1) is 10.9 Å². The van der Waals surface area contributed by atoms with Crippen LogP contribution in [0.25, 0.3) is 0 Å². The molecular weight excluding hydrogens is 334 g/mol. The second kappa shape index (κ2) is 6.71. The van der Waals surface area contributed by atoms with Gasteiger partial charge in [0.2, 0.25) is 0 Å². The summed E-state index contributed by atoms with van der Waals surface area (Å²) in [5, 5.41) is 3.22. The summed E-state index contributed by atoms with van der Waals surface area (Å²) in [6.45, 7) is 5.39. The lowest BCUT2D eigenvalue weighted by atomic mass is 9.95. The van der Waals surface area contributed by atoms with Crippen LogP contribution in [-0.4, -0.2) is 19.1 Å². The number of hydrogen-bond donors (Lipinski definition) is 1. The Labute approximate surface area is 152 Å². The molecule has 0 spiro atoms. The Morgan fingerprint density at radius 2 is 1.92 bits per heavy atom. The molecule has 132 valence electrons. The van der Waals surface area contributed by atoms with Crippen molar-refractivity contribution in [1.82, 2.24) is 5.32 Å². The number of fused-ring (bicyclic) bond motifs is 2. The zero-order chi connectivity index (χ0) is 17.4. The number of hydrogen-bond acceptors (Lipinski definition) is 4. The van der Waals surface area contributed by atoms with Crippen LogP contribution in [0.2, 0.25) is 0 Å². The number of amides is 1. The second-order valence-electron chi connectivity index (χ2n) is 7.01. The summed E-state index contributed by atoms with van der Waals surface area (Å²) in [4.78, 5) is 15.0. The summed E-state index contributed by atoms with van der Waals surface area (Å²) in [5.74, 6) is 1.84. The smallest absolute Gasteiger partial charge is 0.261 e. The molecule has 4 nitrogen and oxygen atoms in total. The van der Waals surface area contributed by atoms with Crippen molar-refractivity contribution in [3.8, 4) is 11.5 Å². The number of thiophene rings is 1. The third-order valence-corrected chi connectivity index (χ3v) is 6.08. The second-order valence-corrected chi connectivity index (χ2v) is 8.15. The van der Waals surface area contributed by atoms with E-state index in [9.17, 15) is 4.79 Å². The van der Waals surface area contributed by atoms with Gasteiger partial charge in [0.1, 0.15) is 13.2 Å². The van der Waals surface area contributed by atoms with Crippen molar-refractivity contribution in [2.75, 3.05) is 13.2 Å². The molecule has 1 amide bonds. The van der Waals surface area contributed by atoms with E-state index >= 15 is 0 Å². The van der Waals surface area contributed by atoms with E-state index in [0.717, 1.165) is 34.8 Å². The predicted octanol–water partition coefficient (Wildman–Crippen LogP) is 4.14. The van der Waals surface area contributed by atoms with Crippen molar-refractivity contribution in [2.24, 2.45) is 5.92 Å². The molecular formula is C20H23NO3S. The quantitative estimate of drug-likeness (QED) is 0.895. The van der Waals surface area contributed by atoms with Crippen molar-refractivity contribution >= 4 is 17.2 Å². The van der Waals surface area contributed by atoms with Gasteiger partial charge in [0.15, 0.2) is 11.5 Å². The van der Waals surface area contributed by atoms with Crippen molar-refractivity contribution in [2.45, 2.75) is 39.2 Å². The Morgan fingerprint density at radius 3 is 2.68 bits per heavy atom. The molecule has 1 aliphatic carbocycles. The maximum atomic E-state index is 12.8. The number of benzene rings is 1. The summed E-state index contributed by atoms with van der Waals surface area (Å²) >= 11 is 1.65. The normalized spacial score (nSPS) is 16.6. The van der Waals surface area contributed by atoms with Gasteiger partial charge in [0, 0.05) is 4.88 Å². The van der Waals surface area contributed by atoms with E-state index in [-0.39, 0.29) is 17.9 Å². The molecule has 0 saturated heterocycles. The molecule has 2 aromatic rings. The number of ether oxygens (including phenoxy) is 2. The SMILES string of the molecule is CC(C)C(NC(=O)c1cc2c(s1)CCC2)c1ccc2c(c1)OCCO2. The number of carbonyl (C=O) groups excluding carboxylic acids is 1. The van der Waals surface area contributed by atoms with E-state index in [1.165, 1.54) is 16.9 Å². The predicted molar refractivity (Wildman–Crippen MR) is 98.8 cm³/mol. The first-order valence-corrected chi connectivity index (χ1v) is 9.75. The molecule has 0 bridgehead atoms. The summed E-state index contributed by atoms with van der Waals surface area (Å²) in [6.07, 6.45) is 3.44. The molecule has 1 atom stereocenters. The minimum atomic E-state index is -0.0553. The van der Waals surface area contributed by atoms with E-state index in [0.29, 0.717) is 13.2 Å². The third-order valence-electron chi connectivity index (χ3n) is 4.85. The van der Waals surface area contributed by atoms with Crippen molar-refractivity contribution in [3.63, 3.8) is 0 Å². The maximum absolute atomic E-state index is 12.8. The first-order chi connectivity index (χ1) is 12.1. The van der Waals surface area contributed by atoms with Gasteiger partial charge in [-0.3, -0.25) is 4.79 Å². The molecule has 0 radical (unpaired) electrons. The lowest BCUT2D eigenvalue weighted by Gasteiger charge is -2.25. The molecule has 0 saturated carbocycles. The maximum Gasteiger partial charge on any atom is 0.261 e. The van der Waals surface area contributed by atoms with Crippen LogP contribution in [0.1, 0.15) is 52.0 Å². The molecule has 1 unspecified atom stereocenters. The molecule has 1 aromatic carbocycles. The average molecular weight is 357 g/mol. The molecule has 25 heavy (non-hydrogen) atoms. The topological polar surface area (TPSA) is 47.6 Å². The fourth-order valence-corrected chi connectivity index (χ4v) is 4.70. The van der Waals surface area contributed by atoms with E-state index in [2.05, 4.69) is 25.2 Å². The zero-order valence-electron chi connectivity index (χ0n) is 14.6. The number of carbonyl (C=O) groups is 1. The Bertz CT molecular complexity index is 775. The summed E-state index contributed by atoms with van der Waals surface area (Å²) in [6, 6.07) is 7.97. The monoisotopic (exact) mass is 357 g/mol. The van der Waals surface area contributed by atoms with Gasteiger partial charge in [-0.15, -0.1) is 11.3 Å². The molecule has 1 N–H and O–H groups in total. The molecule has 0 fully saturated rings. The largest absolute Gasteiger partial charge is 0.486 e. The number of nitrogens with one attached hydrogen (secondary N) is 1. The molecule has 1 aromatic heterocycles. The molecule has 2 aliphatic rings. The highest BCUT2D eigenvalue weighted by Gasteiger charge is 2.24. The van der Waals surface area contributed by atoms with Crippen LogP contribution in [0.5, 0.6) is 11.5 Å². The van der Waals surface area contributed by atoms with E-state index in [1.54, 1.807) is 11.3 Å². The van der Waals surface area contributed by atoms with E-state index in [1.807, 2.05) is 18.2 Å². The molecule has 2 heterocycles. The lowest BCUT2D eigenvalue weighted by molar-refractivity contribution is 0.0929. The number of aryl methyl sites for hydroxylation is 2. The van der Waals surface area contributed by atoms with Crippen molar-refractivity contribution in [3.05, 3.63) is 45.1 Å². The summed E-state index contributed by atoms with van der Waals surface area (Å²) in [5.41, 5.74) is 2.41. The summed E-state index contributed by atoms with van der Waals surface area (Å²) < 4.78 is 11.3. The Kier molecular flexibility index (Phi) is 4.42. The van der Waals surface area contributed by atoms with Gasteiger partial charge >= 0.3 is 0 Å². The number of rotatable bonds is 4. The zero-order valence-corrected chi connectivity index (χ0v) is 15.4. The standard InChI is InChI=1S/C20H23NO3S/c1-12(2)19(14-6-7-15-16(10-14)24-9-8-23-15)21-20(22)18-11-13-4-3-5-17(13)25-18/h6-7,10-12,19H,3-5,8-9H2,1-2H3,(H,21,22). The highest BCUT2D eigenvalue weighted by atomic mass is 32.1.